The number of nitrogens with one attached hydrogen (secondary N) is 1. The lowest BCUT2D eigenvalue weighted by atomic mass is 9.78. The van der Waals surface area contributed by atoms with E-state index in [1.807, 2.05) is 0 Å². The van der Waals surface area contributed by atoms with E-state index < -0.39 is 0 Å². The first-order valence-corrected chi connectivity index (χ1v) is 11.7. The number of allylic oxidation sites excluding steroid dienone is 8. The molecule has 0 aromatic heterocycles. The van der Waals surface area contributed by atoms with Crippen molar-refractivity contribution in [3.05, 3.63) is 126 Å². The highest BCUT2D eigenvalue weighted by molar-refractivity contribution is 5.76. The van der Waals surface area contributed by atoms with Crippen molar-refractivity contribution in [2.24, 2.45) is 11.8 Å². The van der Waals surface area contributed by atoms with E-state index in [2.05, 4.69) is 120 Å². The van der Waals surface area contributed by atoms with Crippen LogP contribution in [0.25, 0.3) is 5.57 Å². The monoisotopic (exact) mass is 414 g/mol. The highest BCUT2D eigenvalue weighted by Gasteiger charge is 2.44. The van der Waals surface area contributed by atoms with E-state index in [0.717, 1.165) is 6.42 Å². The van der Waals surface area contributed by atoms with E-state index in [4.69, 9.17) is 0 Å². The van der Waals surface area contributed by atoms with Crippen LogP contribution in [0.1, 0.15) is 23.5 Å². The molecule has 156 valence electrons. The van der Waals surface area contributed by atoms with Gasteiger partial charge in [0, 0.05) is 34.8 Å². The zero-order valence-electron chi connectivity index (χ0n) is 17.9. The number of fused-ring (bicyclic) bond motifs is 6. The number of nitrogens with zero attached hydrogens (tertiary/aromatic N) is 1. The number of hydrogen-bond acceptors (Lipinski definition) is 2. The zero-order valence-corrected chi connectivity index (χ0v) is 17.9. The summed E-state index contributed by atoms with van der Waals surface area (Å²) in [7, 11) is 0. The summed E-state index contributed by atoms with van der Waals surface area (Å²) < 4.78 is 0. The highest BCUT2D eigenvalue weighted by atomic mass is 15.2. The molecule has 2 aromatic carbocycles. The molecule has 0 saturated carbocycles. The third kappa shape index (κ3) is 2.65. The smallest absolute Gasteiger partial charge is 0.0591 e. The lowest BCUT2D eigenvalue weighted by molar-refractivity contribution is 0.497. The normalized spacial score (nSPS) is 30.8. The van der Waals surface area contributed by atoms with Crippen LogP contribution < -0.4 is 10.2 Å². The molecule has 3 aliphatic carbocycles. The summed E-state index contributed by atoms with van der Waals surface area (Å²) in [6.07, 6.45) is 24.0. The lowest BCUT2D eigenvalue weighted by Gasteiger charge is -2.29. The minimum absolute atomic E-state index is 0.395. The number of hydrogen-bond donors (Lipinski definition) is 1. The van der Waals surface area contributed by atoms with Gasteiger partial charge >= 0.3 is 0 Å². The maximum atomic E-state index is 3.67. The second-order valence-electron chi connectivity index (χ2n) is 9.41. The van der Waals surface area contributed by atoms with Crippen molar-refractivity contribution in [1.29, 1.82) is 0 Å². The Hall–Kier alpha value is -3.52. The van der Waals surface area contributed by atoms with Gasteiger partial charge in [-0.3, -0.25) is 0 Å². The van der Waals surface area contributed by atoms with Gasteiger partial charge in [0.1, 0.15) is 0 Å². The molecular weight excluding hydrogens is 388 g/mol. The largest absolute Gasteiger partial charge is 0.378 e. The van der Waals surface area contributed by atoms with E-state index in [0.29, 0.717) is 29.8 Å². The lowest BCUT2D eigenvalue weighted by Crippen LogP contribution is -2.30. The molecular formula is C30H26N2. The fraction of sp³-hybridized carbons (Fsp3) is 0.200. The summed E-state index contributed by atoms with van der Waals surface area (Å²) in [5, 5.41) is 3.67. The van der Waals surface area contributed by atoms with Gasteiger partial charge in [-0.15, -0.1) is 0 Å². The van der Waals surface area contributed by atoms with E-state index in [1.54, 1.807) is 0 Å². The van der Waals surface area contributed by atoms with E-state index in [-0.39, 0.29) is 0 Å². The molecule has 5 unspecified atom stereocenters. The van der Waals surface area contributed by atoms with Crippen molar-refractivity contribution < 1.29 is 0 Å². The van der Waals surface area contributed by atoms with Gasteiger partial charge in [0.25, 0.3) is 0 Å². The van der Waals surface area contributed by atoms with Crippen LogP contribution in [0, 0.1) is 11.8 Å². The number of anilines is 2. The first-order chi connectivity index (χ1) is 15.9. The van der Waals surface area contributed by atoms with Crippen molar-refractivity contribution in [1.82, 2.24) is 0 Å². The Morgan fingerprint density at radius 2 is 1.66 bits per heavy atom. The number of para-hydroxylation sites is 1. The van der Waals surface area contributed by atoms with Crippen molar-refractivity contribution in [3.63, 3.8) is 0 Å². The second-order valence-corrected chi connectivity index (χ2v) is 9.41. The molecule has 2 aromatic rings. The quantitative estimate of drug-likeness (QED) is 0.595. The summed E-state index contributed by atoms with van der Waals surface area (Å²) in [4.78, 5) is 2.55. The molecule has 0 amide bonds. The molecule has 0 bridgehead atoms. The third-order valence-electron chi connectivity index (χ3n) is 7.74. The molecule has 2 aliphatic heterocycles. The molecule has 32 heavy (non-hydrogen) atoms. The molecule has 0 spiro atoms. The predicted molar refractivity (Wildman–Crippen MR) is 134 cm³/mol. The fourth-order valence-electron chi connectivity index (χ4n) is 6.24. The van der Waals surface area contributed by atoms with Gasteiger partial charge in [0.2, 0.25) is 0 Å². The average molecular weight is 415 g/mol. The summed E-state index contributed by atoms with van der Waals surface area (Å²) in [6.45, 7) is 0. The van der Waals surface area contributed by atoms with Crippen LogP contribution in [0.2, 0.25) is 0 Å². The summed E-state index contributed by atoms with van der Waals surface area (Å²) >= 11 is 0. The zero-order chi connectivity index (χ0) is 21.1. The van der Waals surface area contributed by atoms with Gasteiger partial charge in [-0.2, -0.15) is 0 Å². The third-order valence-corrected chi connectivity index (χ3v) is 7.74. The summed E-state index contributed by atoms with van der Waals surface area (Å²) in [5.74, 6) is 1.47. The summed E-state index contributed by atoms with van der Waals surface area (Å²) in [5.41, 5.74) is 8.28. The molecule has 5 atom stereocenters. The van der Waals surface area contributed by atoms with E-state index in [9.17, 15) is 0 Å². The van der Waals surface area contributed by atoms with Crippen LogP contribution >= 0.6 is 0 Å². The SMILES string of the molecule is C1=CC2Nc3ccc(C4=CC=C5C(C4)C4C=CC=CC4N5c4ccccc4)cc3C2C=C1. The Kier molecular flexibility index (Phi) is 3.96. The second kappa shape index (κ2) is 7.00. The van der Waals surface area contributed by atoms with Gasteiger partial charge < -0.3 is 10.2 Å². The maximum Gasteiger partial charge on any atom is 0.0591 e. The molecule has 1 saturated heterocycles. The Bertz CT molecular complexity index is 1260. The first-order valence-electron chi connectivity index (χ1n) is 11.7. The Balaban J connectivity index is 1.27. The number of benzene rings is 2. The Labute approximate surface area is 189 Å². The summed E-state index contributed by atoms with van der Waals surface area (Å²) in [6, 6.07) is 18.7. The maximum absolute atomic E-state index is 3.67. The van der Waals surface area contributed by atoms with Crippen molar-refractivity contribution in [2.45, 2.75) is 24.4 Å². The Morgan fingerprint density at radius 3 is 2.59 bits per heavy atom. The molecule has 1 N–H and O–H groups in total. The predicted octanol–water partition coefficient (Wildman–Crippen LogP) is 6.61. The molecule has 2 heteroatoms. The Morgan fingerprint density at radius 1 is 0.812 bits per heavy atom. The fourth-order valence-corrected chi connectivity index (χ4v) is 6.24. The molecule has 1 fully saturated rings. The van der Waals surface area contributed by atoms with Crippen LogP contribution in [-0.2, 0) is 0 Å². The van der Waals surface area contributed by atoms with Crippen LogP contribution in [-0.4, -0.2) is 12.1 Å². The van der Waals surface area contributed by atoms with Crippen molar-refractivity contribution in [3.8, 4) is 0 Å². The molecule has 0 radical (unpaired) electrons. The molecule has 2 nitrogen and oxygen atoms in total. The van der Waals surface area contributed by atoms with Gasteiger partial charge in [-0.05, 0) is 53.5 Å². The minimum atomic E-state index is 0.395. The first kappa shape index (κ1) is 18.1. The average Bonchev–Trinajstić information content (AvgIpc) is 3.39. The van der Waals surface area contributed by atoms with Crippen LogP contribution in [0.15, 0.2) is 115 Å². The molecule has 2 heterocycles. The van der Waals surface area contributed by atoms with E-state index in [1.165, 1.54) is 33.8 Å². The minimum Gasteiger partial charge on any atom is -0.378 e. The van der Waals surface area contributed by atoms with Crippen LogP contribution in [0.4, 0.5) is 11.4 Å². The van der Waals surface area contributed by atoms with Gasteiger partial charge in [0.05, 0.1) is 12.1 Å². The highest BCUT2D eigenvalue weighted by Crippen LogP contribution is 2.50. The van der Waals surface area contributed by atoms with Gasteiger partial charge in [0.15, 0.2) is 0 Å². The molecule has 5 aliphatic rings. The van der Waals surface area contributed by atoms with Gasteiger partial charge in [-0.1, -0.05) is 78.9 Å². The van der Waals surface area contributed by atoms with Gasteiger partial charge in [-0.25, -0.2) is 0 Å². The number of rotatable bonds is 2. The van der Waals surface area contributed by atoms with Crippen LogP contribution in [0.5, 0.6) is 0 Å². The topological polar surface area (TPSA) is 15.3 Å². The van der Waals surface area contributed by atoms with E-state index >= 15 is 0 Å². The van der Waals surface area contributed by atoms with Crippen molar-refractivity contribution >= 4 is 16.9 Å². The standard InChI is InChI=1S/C30H26N2/c1-2-8-22(9-3-1)32-29-13-7-5-11-24(29)26-19-21(15-17-30(26)32)20-14-16-28-25(18-20)23-10-4-6-12-27(23)31-28/h1-18,23-24,26-27,29,31H,19H2. The van der Waals surface area contributed by atoms with Crippen LogP contribution in [0.3, 0.4) is 0 Å². The molecule has 7 rings (SSSR count). The van der Waals surface area contributed by atoms with Crippen molar-refractivity contribution in [2.75, 3.05) is 10.2 Å².